The summed E-state index contributed by atoms with van der Waals surface area (Å²) in [6.07, 6.45) is 97.6. The number of rotatable bonds is 77. The maximum Gasteiger partial charge on any atom is 0.305 e. The average Bonchev–Trinajstić information content (AvgIpc) is 3.54. The number of unbranched alkanes of at least 4 members (excludes halogenated alkanes) is 64. The topological polar surface area (TPSA) is 95.9 Å². The third-order valence-corrected chi connectivity index (χ3v) is 19.3. The summed E-state index contributed by atoms with van der Waals surface area (Å²) >= 11 is 0. The van der Waals surface area contributed by atoms with Gasteiger partial charge in [0.2, 0.25) is 5.91 Å². The molecule has 0 aliphatic carbocycles. The molecule has 0 radical (unpaired) electrons. The molecule has 0 aliphatic rings. The Hall–Kier alpha value is -1.40. The van der Waals surface area contributed by atoms with Crippen LogP contribution in [0.4, 0.5) is 0 Å². The SMILES string of the molecule is CCCCCCCCCCCCCCCCCCCCC(=O)OCCCCCCCCCCCCCCCCCCCC/C=C\CCCCCCCCCCCCCCCCCCCC(=O)NC(CO)C(O)CCCCCCCCCCCCCCC. The highest BCUT2D eigenvalue weighted by molar-refractivity contribution is 5.76. The molecule has 0 aromatic carbocycles. The molecular formula is C81H159NO5. The lowest BCUT2D eigenvalue weighted by molar-refractivity contribution is -0.143. The number of ether oxygens (including phenoxy) is 1. The lowest BCUT2D eigenvalue weighted by Crippen LogP contribution is -2.45. The molecule has 0 fully saturated rings. The van der Waals surface area contributed by atoms with Crippen LogP contribution >= 0.6 is 0 Å². The predicted molar refractivity (Wildman–Crippen MR) is 384 cm³/mol. The van der Waals surface area contributed by atoms with Gasteiger partial charge in [-0.15, -0.1) is 0 Å². The van der Waals surface area contributed by atoms with Crippen molar-refractivity contribution in [2.75, 3.05) is 13.2 Å². The molecule has 1 amide bonds. The van der Waals surface area contributed by atoms with E-state index in [-0.39, 0.29) is 18.5 Å². The molecule has 0 heterocycles. The Labute approximate surface area is 546 Å². The van der Waals surface area contributed by atoms with Crippen molar-refractivity contribution in [3.8, 4) is 0 Å². The molecule has 6 nitrogen and oxygen atoms in total. The van der Waals surface area contributed by atoms with Crippen molar-refractivity contribution in [1.82, 2.24) is 5.32 Å². The van der Waals surface area contributed by atoms with Gasteiger partial charge in [0.1, 0.15) is 0 Å². The van der Waals surface area contributed by atoms with Gasteiger partial charge in [-0.05, 0) is 51.4 Å². The highest BCUT2D eigenvalue weighted by atomic mass is 16.5. The smallest absolute Gasteiger partial charge is 0.305 e. The predicted octanol–water partition coefficient (Wildman–Crippen LogP) is 26.7. The van der Waals surface area contributed by atoms with Crippen LogP contribution in [-0.2, 0) is 14.3 Å². The number of aliphatic hydroxyl groups excluding tert-OH is 2. The number of carbonyl (C=O) groups excluding carboxylic acids is 2. The van der Waals surface area contributed by atoms with Crippen molar-refractivity contribution < 1.29 is 24.5 Å². The van der Waals surface area contributed by atoms with E-state index in [4.69, 9.17) is 4.74 Å². The van der Waals surface area contributed by atoms with Crippen LogP contribution in [0, 0.1) is 0 Å². The summed E-state index contributed by atoms with van der Waals surface area (Å²) < 4.78 is 5.52. The van der Waals surface area contributed by atoms with Crippen molar-refractivity contribution in [2.45, 2.75) is 482 Å². The molecule has 87 heavy (non-hydrogen) atoms. The molecule has 0 aromatic rings. The first-order chi connectivity index (χ1) is 43.0. The fourth-order valence-corrected chi connectivity index (χ4v) is 13.2. The number of nitrogens with one attached hydrogen (secondary N) is 1. The van der Waals surface area contributed by atoms with Crippen LogP contribution in [0.3, 0.4) is 0 Å². The largest absolute Gasteiger partial charge is 0.466 e. The first-order valence-electron chi connectivity index (χ1n) is 40.4. The molecule has 2 unspecified atom stereocenters. The molecule has 0 aromatic heterocycles. The summed E-state index contributed by atoms with van der Waals surface area (Å²) in [6.45, 7) is 5.01. The minimum absolute atomic E-state index is 0.0276. The number of hydrogen-bond acceptors (Lipinski definition) is 5. The maximum atomic E-state index is 12.5. The van der Waals surface area contributed by atoms with Crippen LogP contribution in [0.15, 0.2) is 12.2 Å². The van der Waals surface area contributed by atoms with Gasteiger partial charge >= 0.3 is 5.97 Å². The normalized spacial score (nSPS) is 12.5. The van der Waals surface area contributed by atoms with Gasteiger partial charge in [-0.3, -0.25) is 9.59 Å². The van der Waals surface area contributed by atoms with E-state index < -0.39 is 12.1 Å². The third kappa shape index (κ3) is 73.5. The second kappa shape index (κ2) is 77.1. The van der Waals surface area contributed by atoms with Crippen molar-refractivity contribution in [3.05, 3.63) is 12.2 Å². The van der Waals surface area contributed by atoms with Crippen LogP contribution in [0.25, 0.3) is 0 Å². The molecule has 3 N–H and O–H groups in total. The van der Waals surface area contributed by atoms with Crippen molar-refractivity contribution >= 4 is 11.9 Å². The summed E-state index contributed by atoms with van der Waals surface area (Å²) in [5, 5.41) is 23.3. The van der Waals surface area contributed by atoms with Gasteiger partial charge in [-0.2, -0.15) is 0 Å². The van der Waals surface area contributed by atoms with Crippen molar-refractivity contribution in [2.24, 2.45) is 0 Å². The van der Waals surface area contributed by atoms with Crippen LogP contribution in [0.5, 0.6) is 0 Å². The number of carbonyl (C=O) groups is 2. The quantitative estimate of drug-likeness (QED) is 0.0320. The third-order valence-electron chi connectivity index (χ3n) is 19.3. The molecule has 0 saturated carbocycles. The second-order valence-electron chi connectivity index (χ2n) is 28.1. The first-order valence-corrected chi connectivity index (χ1v) is 40.4. The zero-order valence-corrected chi connectivity index (χ0v) is 59.5. The minimum atomic E-state index is -0.660. The Bertz CT molecular complexity index is 1320. The van der Waals surface area contributed by atoms with Gasteiger partial charge in [0, 0.05) is 12.8 Å². The molecule has 0 bridgehead atoms. The summed E-state index contributed by atoms with van der Waals surface area (Å²) in [7, 11) is 0. The van der Waals surface area contributed by atoms with Crippen LogP contribution < -0.4 is 5.32 Å². The fourth-order valence-electron chi connectivity index (χ4n) is 13.2. The van der Waals surface area contributed by atoms with E-state index in [1.807, 2.05) is 0 Å². The van der Waals surface area contributed by atoms with Gasteiger partial charge in [-0.25, -0.2) is 0 Å². The van der Waals surface area contributed by atoms with Gasteiger partial charge in [0.05, 0.1) is 25.4 Å². The Morgan fingerprint density at radius 1 is 0.310 bits per heavy atom. The highest BCUT2D eigenvalue weighted by Crippen LogP contribution is 2.20. The summed E-state index contributed by atoms with van der Waals surface area (Å²) in [5.74, 6) is 0.000464. The van der Waals surface area contributed by atoms with Crippen molar-refractivity contribution in [1.29, 1.82) is 0 Å². The van der Waals surface area contributed by atoms with E-state index in [1.165, 1.54) is 398 Å². The number of amides is 1. The van der Waals surface area contributed by atoms with Gasteiger partial charge in [0.15, 0.2) is 0 Å². The second-order valence-corrected chi connectivity index (χ2v) is 28.1. The molecule has 2 atom stereocenters. The van der Waals surface area contributed by atoms with E-state index in [9.17, 15) is 19.8 Å². The molecule has 6 heteroatoms. The number of aliphatic hydroxyl groups is 2. The Balaban J connectivity index is 3.29. The standard InChI is InChI=1S/C81H159NO5/c1-3-5-7-9-11-13-15-17-18-19-44-47-51-55-59-63-67-71-75-81(86)87-76-72-68-64-60-56-52-48-45-42-40-38-36-34-32-30-28-26-24-22-20-21-23-25-27-29-31-33-35-37-39-41-43-46-50-54-58-62-66-70-74-80(85)82-78(77-83)79(84)73-69-65-61-57-53-49-16-14-12-10-8-6-4-2/h20-21,78-79,83-84H,3-19,22-77H2,1-2H3,(H,82,85)/b21-20-. The Morgan fingerprint density at radius 2 is 0.540 bits per heavy atom. The summed E-state index contributed by atoms with van der Waals surface area (Å²) in [6, 6.07) is -0.537. The highest BCUT2D eigenvalue weighted by Gasteiger charge is 2.20. The number of esters is 1. The van der Waals surface area contributed by atoms with Gasteiger partial charge < -0.3 is 20.3 Å². The Kier molecular flexibility index (Phi) is 75.8. The molecule has 0 spiro atoms. The summed E-state index contributed by atoms with van der Waals surface area (Å²) in [5.41, 5.74) is 0. The molecule has 0 aliphatic heterocycles. The van der Waals surface area contributed by atoms with Crippen molar-refractivity contribution in [3.63, 3.8) is 0 Å². The van der Waals surface area contributed by atoms with Crippen LogP contribution in [0.1, 0.15) is 470 Å². The van der Waals surface area contributed by atoms with Crippen LogP contribution in [0.2, 0.25) is 0 Å². The molecule has 0 rings (SSSR count). The number of allylic oxidation sites excluding steroid dienone is 2. The zero-order valence-electron chi connectivity index (χ0n) is 59.5. The first kappa shape index (κ1) is 85.6. The lowest BCUT2D eigenvalue weighted by atomic mass is 10.0. The van der Waals surface area contributed by atoms with Gasteiger partial charge in [-0.1, -0.05) is 418 Å². The monoisotopic (exact) mass is 1230 g/mol. The molecule has 0 saturated heterocycles. The van der Waals surface area contributed by atoms with E-state index in [2.05, 4.69) is 31.3 Å². The van der Waals surface area contributed by atoms with E-state index in [0.717, 1.165) is 38.5 Å². The van der Waals surface area contributed by atoms with E-state index in [1.54, 1.807) is 0 Å². The van der Waals surface area contributed by atoms with E-state index >= 15 is 0 Å². The molecule has 518 valence electrons. The van der Waals surface area contributed by atoms with E-state index in [0.29, 0.717) is 25.9 Å². The van der Waals surface area contributed by atoms with Crippen LogP contribution in [-0.4, -0.2) is 47.4 Å². The Morgan fingerprint density at radius 3 is 0.816 bits per heavy atom. The number of hydrogen-bond donors (Lipinski definition) is 3. The fraction of sp³-hybridized carbons (Fsp3) is 0.951. The maximum absolute atomic E-state index is 12.5. The minimum Gasteiger partial charge on any atom is -0.466 e. The zero-order chi connectivity index (χ0) is 62.8. The summed E-state index contributed by atoms with van der Waals surface area (Å²) in [4.78, 5) is 24.6. The average molecular weight is 1230 g/mol. The van der Waals surface area contributed by atoms with Gasteiger partial charge in [0.25, 0.3) is 0 Å². The molecular weight excluding hydrogens is 1070 g/mol. The lowest BCUT2D eigenvalue weighted by Gasteiger charge is -2.22.